The first-order valence-electron chi connectivity index (χ1n) is 13.6. The monoisotopic (exact) mass is 946 g/mol. The number of anilines is 2. The number of aromatic nitrogens is 4. The molecule has 0 N–H and O–H groups in total. The smallest absolute Gasteiger partial charge is 0.510 e. The summed E-state index contributed by atoms with van der Waals surface area (Å²) < 4.78 is 1.95. The summed E-state index contributed by atoms with van der Waals surface area (Å²) >= 11 is 0. The summed E-state index contributed by atoms with van der Waals surface area (Å²) in [5.41, 5.74) is 4.04. The number of para-hydroxylation sites is 4. The summed E-state index contributed by atoms with van der Waals surface area (Å²) in [5, 5.41) is 2.24. The van der Waals surface area contributed by atoms with E-state index in [2.05, 4.69) is 51.4 Å². The van der Waals surface area contributed by atoms with Gasteiger partial charge in [-0.05, 0) is 38.9 Å². The summed E-state index contributed by atoms with van der Waals surface area (Å²) in [6, 6.07) is 40.5. The summed E-state index contributed by atoms with van der Waals surface area (Å²) in [4.78, 5) is 20.4. The maximum atomic E-state index is 4.22. The van der Waals surface area contributed by atoms with Gasteiger partial charge in [0.25, 0.3) is 0 Å². The van der Waals surface area contributed by atoms with Crippen LogP contribution in [-0.4, -0.2) is 43.4 Å². The fourth-order valence-corrected chi connectivity index (χ4v) is 4.60. The molecule has 0 spiro atoms. The molecule has 0 saturated carbocycles. The van der Waals surface area contributed by atoms with Gasteiger partial charge in [0.05, 0.1) is 0 Å². The molecule has 0 unspecified atom stereocenters. The summed E-state index contributed by atoms with van der Waals surface area (Å²) in [6.07, 6.45) is 11.0. The zero-order valence-electron chi connectivity index (χ0n) is 24.4. The van der Waals surface area contributed by atoms with Gasteiger partial charge in [-0.3, -0.25) is 0 Å². The predicted molar refractivity (Wildman–Crippen MR) is 170 cm³/mol. The van der Waals surface area contributed by atoms with E-state index >= 15 is 0 Å². The van der Waals surface area contributed by atoms with Crippen molar-refractivity contribution < 1.29 is 40.2 Å². The molecule has 226 valence electrons. The third-order valence-electron chi connectivity index (χ3n) is 6.57. The van der Waals surface area contributed by atoms with Crippen LogP contribution in [0.5, 0.6) is 0 Å². The second-order valence-corrected chi connectivity index (χ2v) is 9.61. The fourth-order valence-electron chi connectivity index (χ4n) is 4.60. The molecular formula is C35H28Ir2N8. The molecule has 0 radical (unpaired) electrons. The second-order valence-electron chi connectivity index (χ2n) is 9.61. The van der Waals surface area contributed by atoms with Crippen LogP contribution in [0, 0.1) is 37.6 Å². The second kappa shape index (κ2) is 16.1. The van der Waals surface area contributed by atoms with E-state index in [-0.39, 0.29) is 40.2 Å². The van der Waals surface area contributed by atoms with Gasteiger partial charge in [-0.2, -0.15) is 133 Å². The van der Waals surface area contributed by atoms with Gasteiger partial charge in [0.15, 0.2) is 0 Å². The maximum Gasteiger partial charge on any atom is 3.00 e. The van der Waals surface area contributed by atoms with Crippen LogP contribution in [0.15, 0.2) is 122 Å². The Morgan fingerprint density at radius 2 is 1.02 bits per heavy atom. The number of fused-ring (bicyclic) bond motifs is 3. The number of hydrogen-bond acceptors (Lipinski definition) is 7. The molecule has 8 nitrogen and oxygen atoms in total. The van der Waals surface area contributed by atoms with E-state index in [1.807, 2.05) is 149 Å². The number of hydrogen-bond donors (Lipinski definition) is 0. The molecule has 6 aromatic rings. The Labute approximate surface area is 291 Å². The largest absolute Gasteiger partial charge is 3.00 e. The maximum absolute atomic E-state index is 4.22. The fraction of sp³-hybridized carbons (Fsp3) is 0.0571. The summed E-state index contributed by atoms with van der Waals surface area (Å²) in [7, 11) is 4.00. The Kier molecular flexibility index (Phi) is 12.0. The molecule has 2 aromatic heterocycles. The van der Waals surface area contributed by atoms with Crippen molar-refractivity contribution in [1.82, 2.24) is 29.3 Å². The molecule has 4 aromatic carbocycles. The first kappa shape index (κ1) is 33.6. The Morgan fingerprint density at radius 1 is 0.556 bits per heavy atom. The number of nitrogens with zero attached hydrogens (tertiary/aromatic N) is 8. The van der Waals surface area contributed by atoms with Crippen LogP contribution in [-0.2, 0) is 40.2 Å². The molecule has 2 aliphatic rings. The van der Waals surface area contributed by atoms with Crippen molar-refractivity contribution in [3.63, 3.8) is 0 Å². The van der Waals surface area contributed by atoms with Gasteiger partial charge in [0.1, 0.15) is 12.7 Å². The molecule has 0 aliphatic carbocycles. The molecule has 0 saturated heterocycles. The average molecular weight is 945 g/mol. The van der Waals surface area contributed by atoms with Crippen molar-refractivity contribution in [2.45, 2.75) is 0 Å². The van der Waals surface area contributed by atoms with E-state index in [9.17, 15) is 0 Å². The minimum Gasteiger partial charge on any atom is -0.510 e. The van der Waals surface area contributed by atoms with E-state index in [0.717, 1.165) is 33.2 Å². The molecule has 8 rings (SSSR count). The Hall–Kier alpha value is -4.33. The van der Waals surface area contributed by atoms with E-state index in [1.54, 1.807) is 0 Å². The van der Waals surface area contributed by atoms with Crippen molar-refractivity contribution in [1.29, 1.82) is 0 Å². The van der Waals surface area contributed by atoms with Crippen LogP contribution < -0.4 is 9.80 Å². The van der Waals surface area contributed by atoms with Gasteiger partial charge in [-0.15, -0.1) is 11.4 Å². The van der Waals surface area contributed by atoms with Gasteiger partial charge in [-0.25, -0.2) is 15.0 Å². The molecule has 4 heterocycles. The van der Waals surface area contributed by atoms with E-state index in [4.69, 9.17) is 0 Å². The van der Waals surface area contributed by atoms with Gasteiger partial charge in [-0.1, -0.05) is 11.0 Å². The van der Waals surface area contributed by atoms with Crippen LogP contribution in [0.1, 0.15) is 0 Å². The number of benzene rings is 4. The standard InChI is InChI=1S/C15H8N4.2C10H10N2.2Ir/c1-3-7-13-11(5-1)12-6-2-4-8-14(12)19(13)15-17-9-16-10-18-15;2*1-11-7-8-12(9-11)10-5-3-2-4-6-10;;/h1-6,9-10H;2*2-5,7-9H,1H3;;/q3*-2;2*+3. The van der Waals surface area contributed by atoms with Crippen molar-refractivity contribution in [2.24, 2.45) is 0 Å². The Bertz CT molecular complexity index is 1710. The van der Waals surface area contributed by atoms with Crippen LogP contribution in [0.3, 0.4) is 0 Å². The van der Waals surface area contributed by atoms with Crippen LogP contribution >= 0.6 is 0 Å². The Balaban J connectivity index is 0.000000157. The number of rotatable bonds is 3. The molecule has 0 atom stereocenters. The van der Waals surface area contributed by atoms with E-state index in [0.29, 0.717) is 5.95 Å². The first-order valence-corrected chi connectivity index (χ1v) is 13.6. The molecule has 0 amide bonds. The van der Waals surface area contributed by atoms with Crippen LogP contribution in [0.25, 0.3) is 27.8 Å². The third-order valence-corrected chi connectivity index (χ3v) is 6.57. The first-order chi connectivity index (χ1) is 21.2. The quantitative estimate of drug-likeness (QED) is 0.196. The third kappa shape index (κ3) is 8.04. The molecule has 10 heteroatoms. The van der Waals surface area contributed by atoms with Crippen molar-refractivity contribution >= 4 is 33.2 Å². The Morgan fingerprint density at radius 3 is 1.42 bits per heavy atom. The van der Waals surface area contributed by atoms with Gasteiger partial charge in [0.2, 0.25) is 5.95 Å². The van der Waals surface area contributed by atoms with Crippen molar-refractivity contribution in [3.8, 4) is 5.95 Å². The van der Waals surface area contributed by atoms with Crippen LogP contribution in [0.4, 0.5) is 11.4 Å². The minimum atomic E-state index is 0. The molecule has 2 aliphatic heterocycles. The van der Waals surface area contributed by atoms with Gasteiger partial charge >= 0.3 is 40.2 Å². The van der Waals surface area contributed by atoms with E-state index in [1.165, 1.54) is 12.7 Å². The topological polar surface area (TPSA) is 56.6 Å². The molecule has 0 fully saturated rings. The summed E-state index contributed by atoms with van der Waals surface area (Å²) in [5.74, 6) is 0.583. The zero-order valence-corrected chi connectivity index (χ0v) is 29.2. The molecular weight excluding hydrogens is 917 g/mol. The SMILES string of the molecule is CN1C=CN(c2[c-]cccc2)[CH-]1.CN1C=CN(c2[c-]cccc2)[CH-]1.[Ir+3].[Ir+3].[c-]1cccc2c3ccc[c-]c3n(-c3ncncn3)c12. The minimum absolute atomic E-state index is 0. The molecule has 45 heavy (non-hydrogen) atoms. The van der Waals surface area contributed by atoms with Crippen LogP contribution in [0.2, 0.25) is 0 Å². The molecule has 0 bridgehead atoms. The average Bonchev–Trinajstić information content (AvgIpc) is 3.80. The van der Waals surface area contributed by atoms with Crippen molar-refractivity contribution in [3.05, 3.63) is 160 Å². The summed E-state index contributed by atoms with van der Waals surface area (Å²) in [6.45, 7) is 4.01. The van der Waals surface area contributed by atoms with Gasteiger partial charge < -0.3 is 24.2 Å². The van der Waals surface area contributed by atoms with Crippen molar-refractivity contribution in [2.75, 3.05) is 23.9 Å². The van der Waals surface area contributed by atoms with Gasteiger partial charge in [0, 0.05) is 0 Å². The predicted octanol–water partition coefficient (Wildman–Crippen LogP) is 6.22. The normalized spacial score (nSPS) is 13.1. The van der Waals surface area contributed by atoms with E-state index < -0.39 is 0 Å². The zero-order chi connectivity index (χ0) is 29.4.